The Labute approximate surface area is 114 Å². The van der Waals surface area contributed by atoms with Crippen LogP contribution >= 0.6 is 0 Å². The van der Waals surface area contributed by atoms with Crippen molar-refractivity contribution in [3.8, 4) is 0 Å². The van der Waals surface area contributed by atoms with Crippen molar-refractivity contribution in [1.29, 1.82) is 0 Å². The van der Waals surface area contributed by atoms with E-state index in [-0.39, 0.29) is 0 Å². The molecule has 0 aliphatic carbocycles. The van der Waals surface area contributed by atoms with Crippen molar-refractivity contribution in [3.63, 3.8) is 0 Å². The van der Waals surface area contributed by atoms with E-state index in [0.29, 0.717) is 18.7 Å². The van der Waals surface area contributed by atoms with Gasteiger partial charge in [-0.05, 0) is 31.3 Å². The predicted molar refractivity (Wildman–Crippen MR) is 77.2 cm³/mol. The van der Waals surface area contributed by atoms with Gasteiger partial charge in [-0.1, -0.05) is 19.9 Å². The Kier molecular flexibility index (Phi) is 6.32. The van der Waals surface area contributed by atoms with E-state index < -0.39 is 12.0 Å². The van der Waals surface area contributed by atoms with Gasteiger partial charge in [0.15, 0.2) is 0 Å². The van der Waals surface area contributed by atoms with E-state index in [2.05, 4.69) is 24.1 Å². The Morgan fingerprint density at radius 2 is 2.11 bits per heavy atom. The van der Waals surface area contributed by atoms with Crippen molar-refractivity contribution in [2.24, 2.45) is 5.73 Å². The molecular formula is C14H23N3O2. The van der Waals surface area contributed by atoms with Crippen molar-refractivity contribution in [1.82, 2.24) is 4.90 Å². The van der Waals surface area contributed by atoms with Gasteiger partial charge in [-0.15, -0.1) is 0 Å². The highest BCUT2D eigenvalue weighted by Crippen LogP contribution is 2.10. The van der Waals surface area contributed by atoms with Crippen LogP contribution in [0.5, 0.6) is 0 Å². The molecule has 0 aliphatic heterocycles. The van der Waals surface area contributed by atoms with E-state index in [0.717, 1.165) is 18.8 Å². The number of anilines is 1. The number of nitrogens with zero attached hydrogens (tertiary/aromatic N) is 1. The minimum absolute atomic E-state index is 0.443. The first-order chi connectivity index (χ1) is 9.06. The molecule has 5 heteroatoms. The van der Waals surface area contributed by atoms with Crippen LogP contribution in [0.3, 0.4) is 0 Å². The van der Waals surface area contributed by atoms with E-state index in [4.69, 9.17) is 5.73 Å². The number of nitrogens with two attached hydrogens (primary N) is 1. The number of carbonyl (C=O) groups is 1. The minimum Gasteiger partial charge on any atom is -0.390 e. The number of hydrogen-bond acceptors (Lipinski definition) is 4. The van der Waals surface area contributed by atoms with Crippen molar-refractivity contribution in [2.75, 3.05) is 31.5 Å². The lowest BCUT2D eigenvalue weighted by molar-refractivity contribution is 0.100. The number of hydrogen-bond donors (Lipinski definition) is 3. The standard InChI is InChI=1S/C14H23N3O2/c1-3-17(4-2)10-13(18)9-16-12-7-5-6-11(8-12)14(15)19/h5-8,13,16,18H,3-4,9-10H2,1-2H3,(H2,15,19). The van der Waals surface area contributed by atoms with Crippen LogP contribution in [0, 0.1) is 0 Å². The molecular weight excluding hydrogens is 242 g/mol. The Bertz CT molecular complexity index is 405. The van der Waals surface area contributed by atoms with Gasteiger partial charge >= 0.3 is 0 Å². The molecule has 19 heavy (non-hydrogen) atoms. The molecule has 1 atom stereocenters. The second kappa shape index (κ2) is 7.76. The quantitative estimate of drug-likeness (QED) is 0.652. The first kappa shape index (κ1) is 15.5. The highest BCUT2D eigenvalue weighted by atomic mass is 16.3. The highest BCUT2D eigenvalue weighted by Gasteiger charge is 2.09. The van der Waals surface area contributed by atoms with Gasteiger partial charge in [0.1, 0.15) is 0 Å². The normalized spacial score (nSPS) is 12.4. The van der Waals surface area contributed by atoms with Crippen LogP contribution in [0.15, 0.2) is 24.3 Å². The first-order valence-electron chi connectivity index (χ1n) is 6.61. The Morgan fingerprint density at radius 1 is 1.42 bits per heavy atom. The van der Waals surface area contributed by atoms with Gasteiger partial charge in [0.2, 0.25) is 5.91 Å². The number of rotatable bonds is 8. The van der Waals surface area contributed by atoms with Gasteiger partial charge in [0, 0.05) is 24.3 Å². The molecule has 1 aromatic rings. The fourth-order valence-corrected chi connectivity index (χ4v) is 1.86. The Morgan fingerprint density at radius 3 is 2.68 bits per heavy atom. The number of carbonyl (C=O) groups excluding carboxylic acids is 1. The molecule has 1 aromatic carbocycles. The van der Waals surface area contributed by atoms with Crippen LogP contribution in [-0.2, 0) is 0 Å². The number of aliphatic hydroxyl groups excluding tert-OH is 1. The molecule has 0 saturated heterocycles. The monoisotopic (exact) mass is 265 g/mol. The third kappa shape index (κ3) is 5.28. The van der Waals surface area contributed by atoms with Gasteiger partial charge in [0.05, 0.1) is 6.10 Å². The minimum atomic E-state index is -0.452. The van der Waals surface area contributed by atoms with Crippen LogP contribution < -0.4 is 11.1 Å². The zero-order chi connectivity index (χ0) is 14.3. The SMILES string of the molecule is CCN(CC)CC(O)CNc1cccc(C(N)=O)c1. The summed E-state index contributed by atoms with van der Waals surface area (Å²) in [5.74, 6) is -0.452. The van der Waals surface area contributed by atoms with Crippen molar-refractivity contribution < 1.29 is 9.90 Å². The molecule has 0 saturated carbocycles. The van der Waals surface area contributed by atoms with E-state index >= 15 is 0 Å². The molecule has 4 N–H and O–H groups in total. The highest BCUT2D eigenvalue weighted by molar-refractivity contribution is 5.93. The predicted octanol–water partition coefficient (Wildman–Crippen LogP) is 0.900. The van der Waals surface area contributed by atoms with E-state index in [9.17, 15) is 9.90 Å². The average Bonchev–Trinajstić information content (AvgIpc) is 2.42. The second-order valence-electron chi connectivity index (χ2n) is 4.47. The molecule has 106 valence electrons. The summed E-state index contributed by atoms with van der Waals surface area (Å²) in [5, 5.41) is 13.0. The summed E-state index contributed by atoms with van der Waals surface area (Å²) >= 11 is 0. The van der Waals surface area contributed by atoms with Crippen molar-refractivity contribution in [3.05, 3.63) is 29.8 Å². The lowest BCUT2D eigenvalue weighted by atomic mass is 10.2. The molecule has 0 fully saturated rings. The molecule has 0 aliphatic rings. The van der Waals surface area contributed by atoms with Gasteiger partial charge in [0.25, 0.3) is 0 Å². The second-order valence-corrected chi connectivity index (χ2v) is 4.47. The molecule has 0 bridgehead atoms. The maximum atomic E-state index is 11.1. The number of nitrogens with one attached hydrogen (secondary N) is 1. The number of benzene rings is 1. The fraction of sp³-hybridized carbons (Fsp3) is 0.500. The van der Waals surface area contributed by atoms with E-state index in [1.54, 1.807) is 18.2 Å². The lowest BCUT2D eigenvalue weighted by Gasteiger charge is -2.22. The van der Waals surface area contributed by atoms with E-state index in [1.165, 1.54) is 0 Å². The van der Waals surface area contributed by atoms with Crippen molar-refractivity contribution >= 4 is 11.6 Å². The maximum Gasteiger partial charge on any atom is 0.248 e. The number of amides is 1. The number of likely N-dealkylation sites (N-methyl/N-ethyl adjacent to an activating group) is 1. The number of primary amides is 1. The summed E-state index contributed by atoms with van der Waals surface area (Å²) < 4.78 is 0. The number of aliphatic hydroxyl groups is 1. The lowest BCUT2D eigenvalue weighted by Crippen LogP contribution is -2.35. The summed E-state index contributed by atoms with van der Waals surface area (Å²) in [4.78, 5) is 13.2. The zero-order valence-corrected chi connectivity index (χ0v) is 11.6. The van der Waals surface area contributed by atoms with Crippen molar-refractivity contribution in [2.45, 2.75) is 20.0 Å². The summed E-state index contributed by atoms with van der Waals surface area (Å²) in [6.07, 6.45) is -0.447. The molecule has 1 unspecified atom stereocenters. The van der Waals surface area contributed by atoms with E-state index in [1.807, 2.05) is 6.07 Å². The molecule has 0 radical (unpaired) electrons. The Balaban J connectivity index is 2.47. The van der Waals surface area contributed by atoms with Crippen LogP contribution in [0.1, 0.15) is 24.2 Å². The fourth-order valence-electron chi connectivity index (χ4n) is 1.86. The molecule has 0 spiro atoms. The third-order valence-corrected chi connectivity index (χ3v) is 3.05. The molecule has 1 amide bonds. The van der Waals surface area contributed by atoms with Gasteiger partial charge in [-0.2, -0.15) is 0 Å². The van der Waals surface area contributed by atoms with Crippen LogP contribution in [-0.4, -0.2) is 48.2 Å². The molecule has 0 heterocycles. The summed E-state index contributed by atoms with van der Waals surface area (Å²) in [5.41, 5.74) is 6.47. The smallest absolute Gasteiger partial charge is 0.248 e. The first-order valence-corrected chi connectivity index (χ1v) is 6.61. The topological polar surface area (TPSA) is 78.6 Å². The molecule has 5 nitrogen and oxygen atoms in total. The Hall–Kier alpha value is -1.59. The largest absolute Gasteiger partial charge is 0.390 e. The zero-order valence-electron chi connectivity index (χ0n) is 11.6. The molecule has 0 aromatic heterocycles. The van der Waals surface area contributed by atoms with Crippen LogP contribution in [0.2, 0.25) is 0 Å². The summed E-state index contributed by atoms with van der Waals surface area (Å²) in [7, 11) is 0. The van der Waals surface area contributed by atoms with Crippen LogP contribution in [0.4, 0.5) is 5.69 Å². The van der Waals surface area contributed by atoms with Gasteiger partial charge in [-0.3, -0.25) is 4.79 Å². The summed E-state index contributed by atoms with van der Waals surface area (Å²) in [6, 6.07) is 6.96. The third-order valence-electron chi connectivity index (χ3n) is 3.05. The van der Waals surface area contributed by atoms with Gasteiger partial charge in [-0.25, -0.2) is 0 Å². The average molecular weight is 265 g/mol. The van der Waals surface area contributed by atoms with Crippen LogP contribution in [0.25, 0.3) is 0 Å². The summed E-state index contributed by atoms with van der Waals surface area (Å²) in [6.45, 7) is 7.06. The van der Waals surface area contributed by atoms with Gasteiger partial charge < -0.3 is 21.1 Å². The maximum absolute atomic E-state index is 11.1. The molecule has 1 rings (SSSR count).